The number of rotatable bonds is 4. The zero-order chi connectivity index (χ0) is 17.3. The van der Waals surface area contributed by atoms with Gasteiger partial charge in [-0.05, 0) is 23.3 Å². The van der Waals surface area contributed by atoms with Crippen LogP contribution in [-0.4, -0.2) is 11.2 Å². The first kappa shape index (κ1) is 16.1. The van der Waals surface area contributed by atoms with E-state index in [-0.39, 0.29) is 6.61 Å². The third-order valence-corrected chi connectivity index (χ3v) is 3.22. The molecule has 3 aromatic rings. The Morgan fingerprint density at radius 3 is 2.60 bits per heavy atom. The number of nitrogens with one attached hydrogen (secondary N) is 1. The number of benzene rings is 2. The van der Waals surface area contributed by atoms with Gasteiger partial charge in [0.1, 0.15) is 24.7 Å². The number of ether oxygens (including phenoxy) is 2. The molecule has 25 heavy (non-hydrogen) atoms. The number of carbonyl (C=O) groups excluding carboxylic acids is 1. The maximum atomic E-state index is 11.5. The molecule has 6 nitrogen and oxygen atoms in total. The second-order valence-corrected chi connectivity index (χ2v) is 4.95. The molecule has 2 aromatic carbocycles. The normalized spacial score (nSPS) is 9.60. The number of hydrogen-bond acceptors (Lipinski definition) is 5. The Morgan fingerprint density at radius 2 is 1.88 bits per heavy atom. The minimum atomic E-state index is -0.636. The molecule has 0 atom stereocenters. The second kappa shape index (κ2) is 8.22. The molecule has 0 aliphatic heterocycles. The summed E-state index contributed by atoms with van der Waals surface area (Å²) >= 11 is 0. The summed E-state index contributed by atoms with van der Waals surface area (Å²) in [4.78, 5) is 11.5. The minimum absolute atomic E-state index is 0.180. The van der Waals surface area contributed by atoms with E-state index in [9.17, 15) is 4.79 Å². The summed E-state index contributed by atoms with van der Waals surface area (Å²) in [5.74, 6) is 0.548. The van der Waals surface area contributed by atoms with Crippen LogP contribution in [0.2, 0.25) is 0 Å². The van der Waals surface area contributed by atoms with Crippen LogP contribution < -0.4 is 10.1 Å². The van der Waals surface area contributed by atoms with Crippen molar-refractivity contribution < 1.29 is 18.8 Å². The molecule has 124 valence electrons. The highest BCUT2D eigenvalue weighted by atomic mass is 16.5. The monoisotopic (exact) mass is 334 g/mol. The molecule has 0 unspecified atom stereocenters. The van der Waals surface area contributed by atoms with Gasteiger partial charge in [-0.25, -0.2) is 10.1 Å². The van der Waals surface area contributed by atoms with Gasteiger partial charge in [-0.15, -0.1) is 0 Å². The number of aromatic nitrogens is 1. The van der Waals surface area contributed by atoms with E-state index < -0.39 is 6.09 Å². The predicted molar refractivity (Wildman–Crippen MR) is 90.1 cm³/mol. The topological polar surface area (TPSA) is 73.6 Å². The molecular formula is C19H14N2O4. The summed E-state index contributed by atoms with van der Waals surface area (Å²) in [5, 5.41) is 5.94. The van der Waals surface area contributed by atoms with Gasteiger partial charge in [0.25, 0.3) is 0 Å². The number of hydrogen-bond donors (Lipinski definition) is 1. The van der Waals surface area contributed by atoms with E-state index in [1.165, 1.54) is 0 Å². The lowest BCUT2D eigenvalue weighted by Crippen LogP contribution is -2.19. The molecule has 0 radical (unpaired) electrons. The standard InChI is InChI=1S/C19H14N2O4/c22-19(24-13-15-4-2-1-3-5-15)20-10-11-23-18-8-6-16(7-9-18)17-12-21-25-14-17/h1-9,12,14H,13H2,(H,20,22). The molecule has 0 aliphatic rings. The van der Waals surface area contributed by atoms with Crippen molar-refractivity contribution in [1.29, 1.82) is 0 Å². The van der Waals surface area contributed by atoms with E-state index in [1.807, 2.05) is 42.5 Å². The third-order valence-electron chi connectivity index (χ3n) is 3.22. The van der Waals surface area contributed by atoms with Gasteiger partial charge in [-0.3, -0.25) is 0 Å². The average molecular weight is 334 g/mol. The zero-order valence-electron chi connectivity index (χ0n) is 13.1. The Labute approximate surface area is 144 Å². The quantitative estimate of drug-likeness (QED) is 0.583. The molecule has 0 saturated carbocycles. The Kier molecular flexibility index (Phi) is 5.31. The lowest BCUT2D eigenvalue weighted by Gasteiger charge is -2.02. The molecule has 0 bridgehead atoms. The highest BCUT2D eigenvalue weighted by Crippen LogP contribution is 2.21. The Bertz CT molecular complexity index is 863. The van der Waals surface area contributed by atoms with Crippen LogP contribution >= 0.6 is 0 Å². The van der Waals surface area contributed by atoms with Gasteiger partial charge in [-0.2, -0.15) is 0 Å². The zero-order valence-corrected chi connectivity index (χ0v) is 13.1. The summed E-state index contributed by atoms with van der Waals surface area (Å²) < 4.78 is 15.0. The van der Waals surface area contributed by atoms with E-state index in [0.29, 0.717) is 5.75 Å². The van der Waals surface area contributed by atoms with E-state index in [2.05, 4.69) is 22.6 Å². The van der Waals surface area contributed by atoms with Crippen LogP contribution in [0.1, 0.15) is 5.56 Å². The summed E-state index contributed by atoms with van der Waals surface area (Å²) in [5.41, 5.74) is 2.72. The molecular weight excluding hydrogens is 320 g/mol. The highest BCUT2D eigenvalue weighted by Gasteiger charge is 2.01. The molecule has 6 heteroatoms. The van der Waals surface area contributed by atoms with Crippen LogP contribution in [0.5, 0.6) is 5.75 Å². The first-order valence-electron chi connectivity index (χ1n) is 7.44. The van der Waals surface area contributed by atoms with Gasteiger partial charge in [0.15, 0.2) is 0 Å². The van der Waals surface area contributed by atoms with E-state index in [1.54, 1.807) is 24.6 Å². The fourth-order valence-electron chi connectivity index (χ4n) is 1.98. The second-order valence-electron chi connectivity index (χ2n) is 4.95. The van der Waals surface area contributed by atoms with Crippen LogP contribution in [0.15, 0.2) is 71.6 Å². The van der Waals surface area contributed by atoms with Crippen molar-refractivity contribution in [3.05, 3.63) is 72.6 Å². The van der Waals surface area contributed by atoms with Gasteiger partial charge in [-0.1, -0.05) is 47.6 Å². The largest absolute Gasteiger partial charge is 0.444 e. The van der Waals surface area contributed by atoms with Crippen molar-refractivity contribution in [3.8, 4) is 29.0 Å². The minimum Gasteiger partial charge on any atom is -0.444 e. The van der Waals surface area contributed by atoms with Crippen molar-refractivity contribution in [1.82, 2.24) is 10.5 Å². The maximum Gasteiger partial charge on any atom is 0.419 e. The highest BCUT2D eigenvalue weighted by molar-refractivity contribution is 5.69. The smallest absolute Gasteiger partial charge is 0.419 e. The average Bonchev–Trinajstić information content (AvgIpc) is 3.20. The first-order valence-corrected chi connectivity index (χ1v) is 7.44. The van der Waals surface area contributed by atoms with E-state index in [0.717, 1.165) is 16.7 Å². The molecule has 0 saturated heterocycles. The molecule has 0 fully saturated rings. The maximum absolute atomic E-state index is 11.5. The molecule has 3 rings (SSSR count). The summed E-state index contributed by atoms with van der Waals surface area (Å²) in [6, 6.07) is 19.0. The number of nitrogens with zero attached hydrogens (tertiary/aromatic N) is 1. The van der Waals surface area contributed by atoms with Crippen LogP contribution in [0.4, 0.5) is 4.79 Å². The Morgan fingerprint density at radius 1 is 1.08 bits per heavy atom. The van der Waals surface area contributed by atoms with Gasteiger partial charge in [0.05, 0.1) is 12.2 Å². The number of carbonyl (C=O) groups is 1. The SMILES string of the molecule is O=C(NC#COc1ccc(-c2cnoc2)cc1)OCc1ccccc1. The lowest BCUT2D eigenvalue weighted by molar-refractivity contribution is 0.144. The van der Waals surface area contributed by atoms with Gasteiger partial charge in [0.2, 0.25) is 0 Å². The molecule has 1 amide bonds. The van der Waals surface area contributed by atoms with Gasteiger partial charge in [0, 0.05) is 5.56 Å². The Balaban J connectivity index is 1.44. The van der Waals surface area contributed by atoms with Crippen LogP contribution in [0, 0.1) is 12.2 Å². The number of amides is 1. The summed E-state index contributed by atoms with van der Waals surface area (Å²) in [6.07, 6.45) is 4.94. The summed E-state index contributed by atoms with van der Waals surface area (Å²) in [6.45, 7) is 0.180. The molecule has 1 aromatic heterocycles. The molecule has 1 heterocycles. The predicted octanol–water partition coefficient (Wildman–Crippen LogP) is 3.57. The van der Waals surface area contributed by atoms with Gasteiger partial charge >= 0.3 is 6.09 Å². The fourth-order valence-corrected chi connectivity index (χ4v) is 1.98. The van der Waals surface area contributed by atoms with Gasteiger partial charge < -0.3 is 14.0 Å². The first-order chi connectivity index (χ1) is 12.3. The summed E-state index contributed by atoms with van der Waals surface area (Å²) in [7, 11) is 0. The molecule has 0 spiro atoms. The third kappa shape index (κ3) is 4.88. The van der Waals surface area contributed by atoms with Crippen molar-refractivity contribution in [3.63, 3.8) is 0 Å². The van der Waals surface area contributed by atoms with Crippen LogP contribution in [-0.2, 0) is 11.3 Å². The fraction of sp³-hybridized carbons (Fsp3) is 0.0526. The van der Waals surface area contributed by atoms with Crippen LogP contribution in [0.3, 0.4) is 0 Å². The van der Waals surface area contributed by atoms with Crippen LogP contribution in [0.25, 0.3) is 11.1 Å². The van der Waals surface area contributed by atoms with Crippen molar-refractivity contribution in [2.75, 3.05) is 0 Å². The van der Waals surface area contributed by atoms with Crippen molar-refractivity contribution in [2.45, 2.75) is 6.61 Å². The lowest BCUT2D eigenvalue weighted by atomic mass is 10.1. The van der Waals surface area contributed by atoms with Crippen molar-refractivity contribution >= 4 is 6.09 Å². The molecule has 1 N–H and O–H groups in total. The van der Waals surface area contributed by atoms with E-state index in [4.69, 9.17) is 14.0 Å². The van der Waals surface area contributed by atoms with E-state index >= 15 is 0 Å². The molecule has 0 aliphatic carbocycles. The Hall–Kier alpha value is -3.72. The van der Waals surface area contributed by atoms with Crippen molar-refractivity contribution in [2.24, 2.45) is 0 Å². The number of alkyl carbamates (subject to hydrolysis) is 1.